The molecular formula is C12H14N2O2S. The van der Waals surface area contributed by atoms with Crippen LogP contribution in [-0.4, -0.2) is 35.3 Å². The molecule has 1 aromatic heterocycles. The summed E-state index contributed by atoms with van der Waals surface area (Å²) >= 11 is 1.61. The van der Waals surface area contributed by atoms with Gasteiger partial charge in [0.1, 0.15) is 0 Å². The molecule has 3 heterocycles. The zero-order chi connectivity index (χ0) is 11.8. The van der Waals surface area contributed by atoms with Gasteiger partial charge in [-0.1, -0.05) is 0 Å². The van der Waals surface area contributed by atoms with Gasteiger partial charge in [-0.25, -0.2) is 0 Å². The number of fused-ring (bicyclic) bond motifs is 1. The average Bonchev–Trinajstić information content (AvgIpc) is 2.93. The Balaban J connectivity index is 1.68. The highest BCUT2D eigenvalue weighted by molar-refractivity contribution is 7.07. The van der Waals surface area contributed by atoms with Gasteiger partial charge in [0.2, 0.25) is 11.8 Å². The molecule has 5 heteroatoms. The summed E-state index contributed by atoms with van der Waals surface area (Å²) in [6, 6.07) is 2.26. The molecule has 1 N–H and O–H groups in total. The molecule has 0 unspecified atom stereocenters. The lowest BCUT2D eigenvalue weighted by Crippen LogP contribution is -2.39. The van der Waals surface area contributed by atoms with Crippen LogP contribution < -0.4 is 5.32 Å². The Bertz CT molecular complexity index is 443. The number of carbonyl (C=O) groups excluding carboxylic acids is 2. The maximum atomic E-state index is 12.2. The molecule has 0 aliphatic carbocycles. The van der Waals surface area contributed by atoms with E-state index in [-0.39, 0.29) is 23.9 Å². The molecule has 0 spiro atoms. The van der Waals surface area contributed by atoms with E-state index in [0.717, 1.165) is 18.5 Å². The smallest absolute Gasteiger partial charge is 0.227 e. The Morgan fingerprint density at radius 3 is 3.24 bits per heavy atom. The first kappa shape index (κ1) is 10.8. The predicted molar refractivity (Wildman–Crippen MR) is 64.7 cm³/mol. The normalized spacial score (nSPS) is 27.1. The van der Waals surface area contributed by atoms with Crippen LogP contribution in [0.4, 0.5) is 0 Å². The lowest BCUT2D eigenvalue weighted by molar-refractivity contribution is -0.131. The number of carbonyl (C=O) groups is 2. The van der Waals surface area contributed by atoms with E-state index in [0.29, 0.717) is 12.8 Å². The number of amides is 2. The zero-order valence-electron chi connectivity index (χ0n) is 9.39. The van der Waals surface area contributed by atoms with Crippen molar-refractivity contribution in [2.24, 2.45) is 0 Å². The summed E-state index contributed by atoms with van der Waals surface area (Å²) in [4.78, 5) is 25.3. The maximum Gasteiger partial charge on any atom is 0.227 e. The van der Waals surface area contributed by atoms with Gasteiger partial charge in [-0.3, -0.25) is 9.59 Å². The fourth-order valence-corrected chi connectivity index (χ4v) is 3.38. The fourth-order valence-electron chi connectivity index (χ4n) is 2.71. The van der Waals surface area contributed by atoms with Crippen molar-refractivity contribution in [2.75, 3.05) is 6.54 Å². The van der Waals surface area contributed by atoms with E-state index in [1.165, 1.54) is 0 Å². The van der Waals surface area contributed by atoms with Crippen LogP contribution in [0.3, 0.4) is 0 Å². The average molecular weight is 250 g/mol. The number of rotatable bonds is 2. The van der Waals surface area contributed by atoms with Crippen molar-refractivity contribution < 1.29 is 9.59 Å². The number of hydrogen-bond donors (Lipinski definition) is 1. The van der Waals surface area contributed by atoms with Gasteiger partial charge in [0.15, 0.2) is 0 Å². The molecule has 0 radical (unpaired) electrons. The van der Waals surface area contributed by atoms with Crippen LogP contribution in [0.2, 0.25) is 0 Å². The Hall–Kier alpha value is -1.36. The molecule has 2 fully saturated rings. The van der Waals surface area contributed by atoms with E-state index >= 15 is 0 Å². The van der Waals surface area contributed by atoms with Crippen LogP contribution >= 0.6 is 11.3 Å². The summed E-state index contributed by atoms with van der Waals surface area (Å²) in [5.41, 5.74) is 1.07. The highest BCUT2D eigenvalue weighted by Crippen LogP contribution is 2.26. The van der Waals surface area contributed by atoms with Gasteiger partial charge in [0, 0.05) is 13.0 Å². The van der Waals surface area contributed by atoms with Crippen molar-refractivity contribution in [2.45, 2.75) is 31.3 Å². The second-order valence-electron chi connectivity index (χ2n) is 4.63. The SMILES string of the molecule is O=C1C[C@@H]2[C@H](CCN2C(=O)Cc2ccsc2)N1. The minimum atomic E-state index is 0.0769. The molecule has 2 saturated heterocycles. The molecule has 2 amide bonds. The van der Waals surface area contributed by atoms with E-state index in [9.17, 15) is 9.59 Å². The lowest BCUT2D eigenvalue weighted by Gasteiger charge is -2.22. The molecule has 0 aromatic carbocycles. The van der Waals surface area contributed by atoms with Crippen molar-refractivity contribution in [1.82, 2.24) is 10.2 Å². The summed E-state index contributed by atoms with van der Waals surface area (Å²) in [6.45, 7) is 0.776. The molecule has 0 saturated carbocycles. The molecule has 4 nitrogen and oxygen atoms in total. The molecule has 17 heavy (non-hydrogen) atoms. The molecular weight excluding hydrogens is 236 g/mol. The number of nitrogens with zero attached hydrogens (tertiary/aromatic N) is 1. The van der Waals surface area contributed by atoms with Gasteiger partial charge in [0.05, 0.1) is 18.5 Å². The van der Waals surface area contributed by atoms with Gasteiger partial charge >= 0.3 is 0 Å². The van der Waals surface area contributed by atoms with E-state index in [1.54, 1.807) is 11.3 Å². The second kappa shape index (κ2) is 4.14. The van der Waals surface area contributed by atoms with Crippen LogP contribution in [0, 0.1) is 0 Å². The van der Waals surface area contributed by atoms with Crippen molar-refractivity contribution in [3.63, 3.8) is 0 Å². The first-order valence-corrected chi connectivity index (χ1v) is 6.78. The van der Waals surface area contributed by atoms with Crippen molar-refractivity contribution >= 4 is 23.2 Å². The number of likely N-dealkylation sites (tertiary alicyclic amines) is 1. The monoisotopic (exact) mass is 250 g/mol. The summed E-state index contributed by atoms with van der Waals surface area (Å²) in [5.74, 6) is 0.223. The van der Waals surface area contributed by atoms with Crippen LogP contribution in [0.25, 0.3) is 0 Å². The minimum absolute atomic E-state index is 0.0769. The quantitative estimate of drug-likeness (QED) is 0.843. The van der Waals surface area contributed by atoms with Crippen molar-refractivity contribution in [3.8, 4) is 0 Å². The highest BCUT2D eigenvalue weighted by Gasteiger charge is 2.43. The van der Waals surface area contributed by atoms with Crippen LogP contribution in [0.1, 0.15) is 18.4 Å². The van der Waals surface area contributed by atoms with E-state index in [4.69, 9.17) is 0 Å². The highest BCUT2D eigenvalue weighted by atomic mass is 32.1. The summed E-state index contributed by atoms with van der Waals surface area (Å²) in [7, 11) is 0. The second-order valence-corrected chi connectivity index (χ2v) is 5.41. The van der Waals surface area contributed by atoms with Gasteiger partial charge in [-0.05, 0) is 28.8 Å². The molecule has 3 rings (SSSR count). The zero-order valence-corrected chi connectivity index (χ0v) is 10.2. The molecule has 0 bridgehead atoms. The summed E-state index contributed by atoms with van der Waals surface area (Å²) in [5, 5.41) is 6.91. The summed E-state index contributed by atoms with van der Waals surface area (Å²) < 4.78 is 0. The van der Waals surface area contributed by atoms with E-state index in [2.05, 4.69) is 5.32 Å². The summed E-state index contributed by atoms with van der Waals surface area (Å²) in [6.07, 6.45) is 1.83. The standard InChI is InChI=1S/C12H14N2O2S/c15-11-6-10-9(13-11)1-3-14(10)12(16)5-8-2-4-17-7-8/h2,4,7,9-10H,1,3,5-6H2,(H,13,15)/t9-,10+/m0/s1. The molecule has 1 aromatic rings. The molecule has 2 aliphatic heterocycles. The third-order valence-corrected chi connectivity index (χ3v) is 4.27. The molecule has 2 atom stereocenters. The van der Waals surface area contributed by atoms with E-state index in [1.807, 2.05) is 21.7 Å². The van der Waals surface area contributed by atoms with Gasteiger partial charge in [-0.15, -0.1) is 0 Å². The number of nitrogens with one attached hydrogen (secondary N) is 1. The van der Waals surface area contributed by atoms with Crippen LogP contribution in [-0.2, 0) is 16.0 Å². The van der Waals surface area contributed by atoms with Gasteiger partial charge in [-0.2, -0.15) is 11.3 Å². The minimum Gasteiger partial charge on any atom is -0.351 e. The van der Waals surface area contributed by atoms with Crippen molar-refractivity contribution in [3.05, 3.63) is 22.4 Å². The fraction of sp³-hybridized carbons (Fsp3) is 0.500. The lowest BCUT2D eigenvalue weighted by atomic mass is 10.1. The topological polar surface area (TPSA) is 49.4 Å². The Kier molecular flexibility index (Phi) is 2.63. The molecule has 90 valence electrons. The first-order valence-electron chi connectivity index (χ1n) is 5.84. The van der Waals surface area contributed by atoms with Crippen LogP contribution in [0.15, 0.2) is 16.8 Å². The maximum absolute atomic E-state index is 12.2. The largest absolute Gasteiger partial charge is 0.351 e. The Morgan fingerprint density at radius 2 is 2.47 bits per heavy atom. The van der Waals surface area contributed by atoms with Crippen LogP contribution in [0.5, 0.6) is 0 Å². The third kappa shape index (κ3) is 1.95. The molecule has 2 aliphatic rings. The number of thiophene rings is 1. The Labute approximate surface area is 104 Å². The first-order chi connectivity index (χ1) is 8.24. The third-order valence-electron chi connectivity index (χ3n) is 3.54. The predicted octanol–water partition coefficient (Wildman–Crippen LogP) is 0.780. The van der Waals surface area contributed by atoms with E-state index < -0.39 is 0 Å². The van der Waals surface area contributed by atoms with Gasteiger partial charge < -0.3 is 10.2 Å². The van der Waals surface area contributed by atoms with Crippen molar-refractivity contribution in [1.29, 1.82) is 0 Å². The van der Waals surface area contributed by atoms with Gasteiger partial charge in [0.25, 0.3) is 0 Å². The Morgan fingerprint density at radius 1 is 1.59 bits per heavy atom. The number of hydrogen-bond acceptors (Lipinski definition) is 3.